The molecular weight excluding hydrogens is 537 g/mol. The molecule has 2 amide bonds. The molecule has 2 heterocycles. The topological polar surface area (TPSA) is 72.8 Å². The van der Waals surface area contributed by atoms with E-state index in [1.54, 1.807) is 47.9 Å². The van der Waals surface area contributed by atoms with Crippen molar-refractivity contribution < 1.29 is 23.5 Å². The number of hydrogen-bond acceptors (Lipinski definition) is 5. The second kappa shape index (κ2) is 9.63. The molecule has 180 valence electrons. The number of benzene rings is 2. The maximum Gasteiger partial charge on any atom is 0.270 e. The van der Waals surface area contributed by atoms with Crippen molar-refractivity contribution in [3.05, 3.63) is 75.3 Å². The summed E-state index contributed by atoms with van der Waals surface area (Å²) in [7, 11) is 2.98. The summed E-state index contributed by atoms with van der Waals surface area (Å²) in [6, 6.07) is 11.5. The average Bonchev–Trinajstić information content (AvgIpc) is 3.09. The predicted octanol–water partition coefficient (Wildman–Crippen LogP) is 4.84. The summed E-state index contributed by atoms with van der Waals surface area (Å²) in [5.41, 5.74) is 2.60. The van der Waals surface area contributed by atoms with Gasteiger partial charge in [0.1, 0.15) is 22.9 Å². The third-order valence-electron chi connectivity index (χ3n) is 5.65. The Balaban J connectivity index is 1.79. The lowest BCUT2D eigenvalue weighted by Gasteiger charge is -2.30. The van der Waals surface area contributed by atoms with Gasteiger partial charge in [0, 0.05) is 21.9 Å². The molecule has 10 heteroatoms. The first-order chi connectivity index (χ1) is 16.7. The van der Waals surface area contributed by atoms with Crippen LogP contribution in [-0.4, -0.2) is 35.7 Å². The van der Waals surface area contributed by atoms with Gasteiger partial charge in [-0.15, -0.1) is 0 Å². The predicted molar refractivity (Wildman–Crippen MR) is 139 cm³/mol. The lowest BCUT2D eigenvalue weighted by Crippen LogP contribution is -2.54. The number of anilines is 1. The van der Waals surface area contributed by atoms with Crippen LogP contribution in [0.15, 0.2) is 52.5 Å². The number of halogens is 2. The Bertz CT molecular complexity index is 1420. The second-order valence-electron chi connectivity index (χ2n) is 7.75. The van der Waals surface area contributed by atoms with Crippen molar-refractivity contribution in [2.45, 2.75) is 13.8 Å². The first kappa shape index (κ1) is 24.6. The van der Waals surface area contributed by atoms with E-state index in [2.05, 4.69) is 21.2 Å². The molecule has 1 aliphatic heterocycles. The summed E-state index contributed by atoms with van der Waals surface area (Å²) in [5, 5.41) is 2.50. The van der Waals surface area contributed by atoms with E-state index in [0.29, 0.717) is 38.6 Å². The third kappa shape index (κ3) is 4.46. The van der Waals surface area contributed by atoms with E-state index in [9.17, 15) is 14.0 Å². The molecule has 1 saturated heterocycles. The van der Waals surface area contributed by atoms with E-state index in [1.807, 2.05) is 6.92 Å². The van der Waals surface area contributed by atoms with Gasteiger partial charge in [-0.05, 0) is 74.1 Å². The zero-order valence-corrected chi connectivity index (χ0v) is 21.7. The Labute approximate surface area is 215 Å². The van der Waals surface area contributed by atoms with Crippen LogP contribution in [0.5, 0.6) is 11.5 Å². The van der Waals surface area contributed by atoms with Gasteiger partial charge < -0.3 is 14.0 Å². The van der Waals surface area contributed by atoms with Crippen molar-refractivity contribution in [2.75, 3.05) is 19.1 Å². The average molecular weight is 558 g/mol. The Morgan fingerprint density at radius 3 is 2.40 bits per heavy atom. The minimum absolute atomic E-state index is 0.0666. The third-order valence-corrected chi connectivity index (χ3v) is 6.43. The Morgan fingerprint density at radius 2 is 1.74 bits per heavy atom. The van der Waals surface area contributed by atoms with Gasteiger partial charge in [-0.3, -0.25) is 14.9 Å². The fraction of sp³-hybridized carbons (Fsp3) is 0.160. The number of aryl methyl sites for hydroxylation is 1. The molecule has 1 aliphatic rings. The lowest BCUT2D eigenvalue weighted by molar-refractivity contribution is -0.122. The lowest BCUT2D eigenvalue weighted by atomic mass is 10.1. The van der Waals surface area contributed by atoms with Gasteiger partial charge >= 0.3 is 0 Å². The van der Waals surface area contributed by atoms with Crippen molar-refractivity contribution in [1.82, 2.24) is 9.88 Å². The summed E-state index contributed by atoms with van der Waals surface area (Å²) < 4.78 is 27.7. The molecule has 0 radical (unpaired) electrons. The number of rotatable bonds is 5. The molecule has 0 spiro atoms. The summed E-state index contributed by atoms with van der Waals surface area (Å²) >= 11 is 8.56. The summed E-state index contributed by atoms with van der Waals surface area (Å²) in [5.74, 6) is -0.756. The monoisotopic (exact) mass is 557 g/mol. The van der Waals surface area contributed by atoms with Crippen LogP contribution in [0.3, 0.4) is 0 Å². The number of thiocarbonyl (C=S) groups is 1. The van der Waals surface area contributed by atoms with E-state index in [0.717, 1.165) is 5.69 Å². The quantitative estimate of drug-likeness (QED) is 0.276. The summed E-state index contributed by atoms with van der Waals surface area (Å²) in [6.45, 7) is 3.61. The van der Waals surface area contributed by atoms with Crippen LogP contribution in [0.2, 0.25) is 0 Å². The number of ether oxygens (including phenoxy) is 2. The van der Waals surface area contributed by atoms with Gasteiger partial charge in [0.25, 0.3) is 11.8 Å². The number of carbonyl (C=O) groups excluding carboxylic acids is 2. The van der Waals surface area contributed by atoms with Crippen LogP contribution < -0.4 is 19.7 Å². The van der Waals surface area contributed by atoms with Gasteiger partial charge in [-0.25, -0.2) is 9.29 Å². The molecule has 4 rings (SSSR count). The van der Waals surface area contributed by atoms with Crippen molar-refractivity contribution in [3.63, 3.8) is 0 Å². The normalized spacial score (nSPS) is 15.0. The van der Waals surface area contributed by atoms with Crippen molar-refractivity contribution in [1.29, 1.82) is 0 Å². The fourth-order valence-electron chi connectivity index (χ4n) is 3.97. The molecule has 0 saturated carbocycles. The molecular formula is C25H21BrFN3O4S. The van der Waals surface area contributed by atoms with Gasteiger partial charge in [-0.1, -0.05) is 15.9 Å². The Hall–Kier alpha value is -3.50. The number of hydrogen-bond donors (Lipinski definition) is 1. The second-order valence-corrected chi connectivity index (χ2v) is 9.06. The van der Waals surface area contributed by atoms with Gasteiger partial charge in [-0.2, -0.15) is 0 Å². The largest absolute Gasteiger partial charge is 0.497 e. The van der Waals surface area contributed by atoms with Gasteiger partial charge in [0.15, 0.2) is 5.11 Å². The highest BCUT2D eigenvalue weighted by atomic mass is 79.9. The van der Waals surface area contributed by atoms with Crippen LogP contribution in [-0.2, 0) is 9.59 Å². The summed E-state index contributed by atoms with van der Waals surface area (Å²) in [6.07, 6.45) is 1.48. The minimum Gasteiger partial charge on any atom is -0.497 e. The maximum absolute atomic E-state index is 14.7. The van der Waals surface area contributed by atoms with E-state index in [1.165, 1.54) is 31.3 Å². The molecule has 1 N–H and O–H groups in total. The zero-order valence-electron chi connectivity index (χ0n) is 19.3. The van der Waals surface area contributed by atoms with Crippen LogP contribution >= 0.6 is 28.1 Å². The number of aromatic nitrogens is 1. The molecule has 1 fully saturated rings. The van der Waals surface area contributed by atoms with E-state index >= 15 is 0 Å². The van der Waals surface area contributed by atoms with Gasteiger partial charge in [0.05, 0.1) is 25.6 Å². The number of carbonyl (C=O) groups is 2. The number of nitrogens with zero attached hydrogens (tertiary/aromatic N) is 2. The highest BCUT2D eigenvalue weighted by Gasteiger charge is 2.36. The highest BCUT2D eigenvalue weighted by Crippen LogP contribution is 2.35. The molecule has 3 aromatic rings. The molecule has 0 aliphatic carbocycles. The summed E-state index contributed by atoms with van der Waals surface area (Å²) in [4.78, 5) is 27.5. The molecule has 7 nitrogen and oxygen atoms in total. The van der Waals surface area contributed by atoms with Gasteiger partial charge in [0.2, 0.25) is 0 Å². The first-order valence-corrected chi connectivity index (χ1v) is 11.6. The number of amides is 2. The molecule has 0 bridgehead atoms. The van der Waals surface area contributed by atoms with Crippen molar-refractivity contribution in [3.8, 4) is 17.2 Å². The number of nitrogens with one attached hydrogen (secondary N) is 1. The smallest absolute Gasteiger partial charge is 0.270 e. The van der Waals surface area contributed by atoms with Crippen LogP contribution in [0.4, 0.5) is 10.1 Å². The molecule has 2 aromatic carbocycles. The Kier molecular flexibility index (Phi) is 6.77. The fourth-order valence-corrected chi connectivity index (χ4v) is 4.58. The molecule has 35 heavy (non-hydrogen) atoms. The molecule has 0 unspecified atom stereocenters. The SMILES string of the molecule is COc1ccc(N2C(=O)/C(=C/c3cc(C)n(-c4ccc(Br)cc4F)c3C)C(=O)NC2=S)c(OC)c1. The van der Waals surface area contributed by atoms with E-state index in [-0.39, 0.29) is 10.7 Å². The van der Waals surface area contributed by atoms with Crippen molar-refractivity contribution in [2.24, 2.45) is 0 Å². The first-order valence-electron chi connectivity index (χ1n) is 10.4. The number of methoxy groups -OCH3 is 2. The van der Waals surface area contributed by atoms with Crippen LogP contribution in [0.1, 0.15) is 17.0 Å². The zero-order chi connectivity index (χ0) is 25.4. The van der Waals surface area contributed by atoms with Crippen LogP contribution in [0, 0.1) is 19.7 Å². The van der Waals surface area contributed by atoms with Crippen molar-refractivity contribution >= 4 is 56.8 Å². The molecule has 1 aromatic heterocycles. The van der Waals surface area contributed by atoms with E-state index in [4.69, 9.17) is 21.7 Å². The highest BCUT2D eigenvalue weighted by molar-refractivity contribution is 9.10. The van der Waals surface area contributed by atoms with E-state index < -0.39 is 17.6 Å². The standard InChI is InChI=1S/C25H21BrFN3O4S/c1-13-9-15(14(2)29(13)20-7-5-16(26)11-19(20)27)10-18-23(31)28-25(35)30(24(18)32)21-8-6-17(33-3)12-22(21)34-4/h5-12H,1-4H3,(H,28,31,35)/b18-10+. The molecule has 0 atom stereocenters. The minimum atomic E-state index is -0.622. The maximum atomic E-state index is 14.7. The Morgan fingerprint density at radius 1 is 1.03 bits per heavy atom. The van der Waals surface area contributed by atoms with Crippen LogP contribution in [0.25, 0.3) is 11.8 Å².